The third-order valence-electron chi connectivity index (χ3n) is 3.81. The van der Waals surface area contributed by atoms with E-state index in [4.69, 9.17) is 4.74 Å². The van der Waals surface area contributed by atoms with Crippen molar-refractivity contribution in [3.8, 4) is 5.75 Å². The summed E-state index contributed by atoms with van der Waals surface area (Å²) >= 11 is 0. The lowest BCUT2D eigenvalue weighted by Gasteiger charge is -2.34. The zero-order chi connectivity index (χ0) is 14.7. The van der Waals surface area contributed by atoms with Crippen molar-refractivity contribution in [2.45, 2.75) is 26.9 Å². The summed E-state index contributed by atoms with van der Waals surface area (Å²) in [4.78, 5) is 16.5. The van der Waals surface area contributed by atoms with Crippen LogP contribution >= 0.6 is 0 Å². The van der Waals surface area contributed by atoms with E-state index in [2.05, 4.69) is 18.0 Å². The number of aryl methyl sites for hydroxylation is 2. The maximum atomic E-state index is 12.4. The SMILES string of the molecule is Cc1ccc(C)c(O[C@H](C)C(=O)N2CCN(C)CC2)c1. The molecule has 0 radical (unpaired) electrons. The maximum absolute atomic E-state index is 12.4. The highest BCUT2D eigenvalue weighted by atomic mass is 16.5. The Balaban J connectivity index is 1.98. The summed E-state index contributed by atoms with van der Waals surface area (Å²) in [6.07, 6.45) is -0.432. The molecule has 0 aliphatic carbocycles. The van der Waals surface area contributed by atoms with Gasteiger partial charge in [-0.05, 0) is 45.0 Å². The first-order valence-corrected chi connectivity index (χ1v) is 7.18. The van der Waals surface area contributed by atoms with Crippen molar-refractivity contribution in [1.29, 1.82) is 0 Å². The first-order valence-electron chi connectivity index (χ1n) is 7.18. The minimum absolute atomic E-state index is 0.0824. The van der Waals surface area contributed by atoms with Gasteiger partial charge in [0.15, 0.2) is 6.10 Å². The monoisotopic (exact) mass is 276 g/mol. The quantitative estimate of drug-likeness (QED) is 0.844. The molecule has 0 spiro atoms. The zero-order valence-electron chi connectivity index (χ0n) is 12.8. The Morgan fingerprint density at radius 3 is 2.50 bits per heavy atom. The second-order valence-corrected chi connectivity index (χ2v) is 5.66. The van der Waals surface area contributed by atoms with E-state index in [-0.39, 0.29) is 5.91 Å². The molecule has 1 amide bonds. The summed E-state index contributed by atoms with van der Waals surface area (Å²) < 4.78 is 5.86. The van der Waals surface area contributed by atoms with Gasteiger partial charge in [-0.25, -0.2) is 0 Å². The Kier molecular flexibility index (Phi) is 4.65. The molecule has 2 rings (SSSR count). The van der Waals surface area contributed by atoms with Gasteiger partial charge in [-0.1, -0.05) is 12.1 Å². The molecule has 1 atom stereocenters. The van der Waals surface area contributed by atoms with Gasteiger partial charge >= 0.3 is 0 Å². The van der Waals surface area contributed by atoms with Crippen LogP contribution in [0, 0.1) is 13.8 Å². The van der Waals surface area contributed by atoms with E-state index in [0.29, 0.717) is 0 Å². The highest BCUT2D eigenvalue weighted by Crippen LogP contribution is 2.21. The molecule has 0 N–H and O–H groups in total. The Morgan fingerprint density at radius 2 is 1.85 bits per heavy atom. The molecule has 0 aromatic heterocycles. The molecule has 1 heterocycles. The summed E-state index contributed by atoms with van der Waals surface area (Å²) in [5.74, 6) is 0.888. The second kappa shape index (κ2) is 6.27. The Hall–Kier alpha value is -1.55. The van der Waals surface area contributed by atoms with Crippen LogP contribution in [0.15, 0.2) is 18.2 Å². The molecule has 0 saturated carbocycles. The van der Waals surface area contributed by atoms with Gasteiger partial charge in [0.05, 0.1) is 0 Å². The zero-order valence-corrected chi connectivity index (χ0v) is 12.8. The lowest BCUT2D eigenvalue weighted by Crippen LogP contribution is -2.50. The number of likely N-dealkylation sites (N-methyl/N-ethyl adjacent to an activating group) is 1. The molecule has 1 saturated heterocycles. The Morgan fingerprint density at radius 1 is 1.20 bits per heavy atom. The lowest BCUT2D eigenvalue weighted by molar-refractivity contribution is -0.139. The molecule has 1 aromatic rings. The van der Waals surface area contributed by atoms with E-state index in [1.165, 1.54) is 0 Å². The van der Waals surface area contributed by atoms with E-state index < -0.39 is 6.10 Å². The van der Waals surface area contributed by atoms with Crippen molar-refractivity contribution >= 4 is 5.91 Å². The molecule has 4 heteroatoms. The van der Waals surface area contributed by atoms with Crippen LogP contribution in [0.25, 0.3) is 0 Å². The lowest BCUT2D eigenvalue weighted by atomic mass is 10.1. The third-order valence-corrected chi connectivity index (χ3v) is 3.81. The van der Waals surface area contributed by atoms with Gasteiger partial charge in [0, 0.05) is 26.2 Å². The number of ether oxygens (including phenoxy) is 1. The van der Waals surface area contributed by atoms with Gasteiger partial charge in [0.2, 0.25) is 0 Å². The van der Waals surface area contributed by atoms with Crippen molar-refractivity contribution in [2.24, 2.45) is 0 Å². The number of piperazine rings is 1. The van der Waals surface area contributed by atoms with E-state index in [1.807, 2.05) is 37.8 Å². The fourth-order valence-corrected chi connectivity index (χ4v) is 2.36. The van der Waals surface area contributed by atoms with Crippen molar-refractivity contribution < 1.29 is 9.53 Å². The van der Waals surface area contributed by atoms with Gasteiger partial charge in [-0.3, -0.25) is 4.79 Å². The standard InChI is InChI=1S/C16H24N2O2/c1-12-5-6-13(2)15(11-12)20-14(3)16(19)18-9-7-17(4)8-10-18/h5-6,11,14H,7-10H2,1-4H3/t14-/m1/s1. The van der Waals surface area contributed by atoms with Crippen molar-refractivity contribution in [1.82, 2.24) is 9.80 Å². The summed E-state index contributed by atoms with van der Waals surface area (Å²) in [5.41, 5.74) is 2.21. The molecular weight excluding hydrogens is 252 g/mol. The summed E-state index contributed by atoms with van der Waals surface area (Å²) in [6, 6.07) is 6.07. The first kappa shape index (κ1) is 14.9. The first-order chi connectivity index (χ1) is 9.47. The molecule has 110 valence electrons. The van der Waals surface area contributed by atoms with Crippen LogP contribution < -0.4 is 4.74 Å². The van der Waals surface area contributed by atoms with Crippen LogP contribution in [0.2, 0.25) is 0 Å². The third kappa shape index (κ3) is 3.51. The van der Waals surface area contributed by atoms with Crippen molar-refractivity contribution in [3.63, 3.8) is 0 Å². The van der Waals surface area contributed by atoms with Gasteiger partial charge in [-0.15, -0.1) is 0 Å². The fourth-order valence-electron chi connectivity index (χ4n) is 2.36. The number of benzene rings is 1. The number of carbonyl (C=O) groups is 1. The molecular formula is C16H24N2O2. The Labute approximate surface area is 121 Å². The predicted octanol–water partition coefficient (Wildman–Crippen LogP) is 1.84. The molecule has 20 heavy (non-hydrogen) atoms. The van der Waals surface area contributed by atoms with Gasteiger partial charge < -0.3 is 14.5 Å². The van der Waals surface area contributed by atoms with Gasteiger partial charge in [0.1, 0.15) is 5.75 Å². The van der Waals surface area contributed by atoms with Crippen molar-refractivity contribution in [2.75, 3.05) is 33.2 Å². The minimum atomic E-state index is -0.432. The second-order valence-electron chi connectivity index (χ2n) is 5.66. The Bertz CT molecular complexity index is 479. The van der Waals surface area contributed by atoms with Crippen LogP contribution in [-0.4, -0.2) is 55.0 Å². The van der Waals surface area contributed by atoms with Gasteiger partial charge in [0.25, 0.3) is 5.91 Å². The highest BCUT2D eigenvalue weighted by molar-refractivity contribution is 5.81. The molecule has 1 aliphatic rings. The smallest absolute Gasteiger partial charge is 0.263 e. The number of hydrogen-bond acceptors (Lipinski definition) is 3. The number of hydrogen-bond donors (Lipinski definition) is 0. The van der Waals surface area contributed by atoms with Gasteiger partial charge in [-0.2, -0.15) is 0 Å². The topological polar surface area (TPSA) is 32.8 Å². The number of amides is 1. The van der Waals surface area contributed by atoms with Crippen molar-refractivity contribution in [3.05, 3.63) is 29.3 Å². The van der Waals surface area contributed by atoms with Crippen LogP contribution in [0.3, 0.4) is 0 Å². The average Bonchev–Trinajstić information content (AvgIpc) is 2.43. The normalized spacial score (nSPS) is 17.9. The molecule has 0 bridgehead atoms. The highest BCUT2D eigenvalue weighted by Gasteiger charge is 2.25. The van der Waals surface area contributed by atoms with E-state index >= 15 is 0 Å². The summed E-state index contributed by atoms with van der Waals surface area (Å²) in [5, 5.41) is 0. The molecule has 1 aliphatic heterocycles. The maximum Gasteiger partial charge on any atom is 0.263 e. The van der Waals surface area contributed by atoms with Crippen LogP contribution in [-0.2, 0) is 4.79 Å². The number of nitrogens with zero attached hydrogens (tertiary/aromatic N) is 2. The summed E-state index contributed by atoms with van der Waals surface area (Å²) in [6.45, 7) is 9.30. The fraction of sp³-hybridized carbons (Fsp3) is 0.562. The minimum Gasteiger partial charge on any atom is -0.481 e. The van der Waals surface area contributed by atoms with Crippen LogP contribution in [0.4, 0.5) is 0 Å². The number of rotatable bonds is 3. The van der Waals surface area contributed by atoms with Crippen LogP contribution in [0.1, 0.15) is 18.1 Å². The number of carbonyl (C=O) groups excluding carboxylic acids is 1. The molecule has 4 nitrogen and oxygen atoms in total. The van der Waals surface area contributed by atoms with E-state index in [1.54, 1.807) is 0 Å². The molecule has 1 fully saturated rings. The average molecular weight is 276 g/mol. The van der Waals surface area contributed by atoms with E-state index in [9.17, 15) is 4.79 Å². The van der Waals surface area contributed by atoms with E-state index in [0.717, 1.165) is 43.1 Å². The summed E-state index contributed by atoms with van der Waals surface area (Å²) in [7, 11) is 2.08. The largest absolute Gasteiger partial charge is 0.481 e. The van der Waals surface area contributed by atoms with Crippen LogP contribution in [0.5, 0.6) is 5.75 Å². The molecule has 1 aromatic carbocycles. The molecule has 0 unspecified atom stereocenters. The predicted molar refractivity (Wildman–Crippen MR) is 80.1 cm³/mol.